The molecule has 0 aliphatic heterocycles. The topological polar surface area (TPSA) is 75.4 Å². The number of benzene rings is 1. The molecular weight excluding hydrogens is 262 g/mol. The van der Waals surface area contributed by atoms with Crippen LogP contribution in [-0.4, -0.2) is 39.5 Å². The van der Waals surface area contributed by atoms with Gasteiger partial charge >= 0.3 is 0 Å². The number of nitrogens with two attached hydrogens (primary N) is 1. The molecule has 1 aromatic carbocycles. The molecule has 6 heteroatoms. The highest BCUT2D eigenvalue weighted by atomic mass is 32.2. The summed E-state index contributed by atoms with van der Waals surface area (Å²) in [4.78, 5) is 2.42. The highest BCUT2D eigenvalue weighted by molar-refractivity contribution is 7.89. The molecular formula is C13H23N3O2S. The van der Waals surface area contributed by atoms with Crippen LogP contribution in [0.25, 0.3) is 0 Å². The van der Waals surface area contributed by atoms with Crippen LogP contribution >= 0.6 is 0 Å². The van der Waals surface area contributed by atoms with Crippen LogP contribution in [0.1, 0.15) is 20.3 Å². The number of hydrogen-bond donors (Lipinski definition) is 2. The quantitative estimate of drug-likeness (QED) is 0.795. The Balaban J connectivity index is 2.47. The average molecular weight is 285 g/mol. The fourth-order valence-corrected chi connectivity index (χ4v) is 2.19. The van der Waals surface area contributed by atoms with Crippen molar-refractivity contribution >= 4 is 15.7 Å². The summed E-state index contributed by atoms with van der Waals surface area (Å²) in [6.45, 7) is 6.11. The molecule has 0 fully saturated rings. The molecule has 0 aliphatic carbocycles. The van der Waals surface area contributed by atoms with Crippen LogP contribution < -0.4 is 10.5 Å². The van der Waals surface area contributed by atoms with Gasteiger partial charge in [-0.25, -0.2) is 13.6 Å². The number of anilines is 1. The number of nitrogens with zero attached hydrogens (tertiary/aromatic N) is 1. The first-order valence-electron chi connectivity index (χ1n) is 6.41. The largest absolute Gasteiger partial charge is 0.384 e. The molecule has 0 radical (unpaired) electrons. The van der Waals surface area contributed by atoms with Gasteiger partial charge in [-0.1, -0.05) is 6.92 Å². The van der Waals surface area contributed by atoms with Gasteiger partial charge in [0.1, 0.15) is 0 Å². The zero-order chi connectivity index (χ0) is 14.5. The van der Waals surface area contributed by atoms with Crippen molar-refractivity contribution < 1.29 is 8.42 Å². The summed E-state index contributed by atoms with van der Waals surface area (Å²) in [7, 11) is -1.51. The van der Waals surface area contributed by atoms with E-state index in [4.69, 9.17) is 5.14 Å². The third-order valence-corrected chi connectivity index (χ3v) is 4.25. The molecule has 0 aromatic heterocycles. The second kappa shape index (κ2) is 6.88. The summed E-state index contributed by atoms with van der Waals surface area (Å²) >= 11 is 0. The van der Waals surface area contributed by atoms with Gasteiger partial charge in [0, 0.05) is 24.8 Å². The second-order valence-corrected chi connectivity index (χ2v) is 6.30. The van der Waals surface area contributed by atoms with Gasteiger partial charge in [-0.2, -0.15) is 0 Å². The van der Waals surface area contributed by atoms with Crippen LogP contribution in [0, 0.1) is 0 Å². The SMILES string of the molecule is CCC(C)N(C)CCNc1ccc(S(N)(=O)=O)cc1. The minimum atomic E-state index is -3.60. The monoisotopic (exact) mass is 285 g/mol. The molecule has 1 atom stereocenters. The molecule has 5 nitrogen and oxygen atoms in total. The van der Waals surface area contributed by atoms with E-state index in [1.54, 1.807) is 12.1 Å². The third-order valence-electron chi connectivity index (χ3n) is 3.32. The summed E-state index contributed by atoms with van der Waals surface area (Å²) in [5.41, 5.74) is 0.893. The highest BCUT2D eigenvalue weighted by Gasteiger charge is 2.07. The van der Waals surface area contributed by atoms with Crippen LogP contribution in [0.15, 0.2) is 29.2 Å². The number of primary sulfonamides is 1. The fourth-order valence-electron chi connectivity index (χ4n) is 1.67. The molecule has 19 heavy (non-hydrogen) atoms. The Kier molecular flexibility index (Phi) is 5.78. The second-order valence-electron chi connectivity index (χ2n) is 4.73. The van der Waals surface area contributed by atoms with Gasteiger partial charge in [-0.05, 0) is 44.7 Å². The smallest absolute Gasteiger partial charge is 0.238 e. The van der Waals surface area contributed by atoms with E-state index in [2.05, 4.69) is 31.1 Å². The van der Waals surface area contributed by atoms with E-state index in [1.807, 2.05) is 0 Å². The van der Waals surface area contributed by atoms with Crippen molar-refractivity contribution in [1.29, 1.82) is 0 Å². The molecule has 0 bridgehead atoms. The van der Waals surface area contributed by atoms with Crippen molar-refractivity contribution in [3.05, 3.63) is 24.3 Å². The maximum Gasteiger partial charge on any atom is 0.238 e. The van der Waals surface area contributed by atoms with Gasteiger partial charge < -0.3 is 10.2 Å². The Morgan fingerprint density at radius 1 is 1.32 bits per heavy atom. The first kappa shape index (κ1) is 15.9. The number of rotatable bonds is 7. The number of hydrogen-bond acceptors (Lipinski definition) is 4. The van der Waals surface area contributed by atoms with Crippen LogP contribution in [0.3, 0.4) is 0 Å². The lowest BCUT2D eigenvalue weighted by molar-refractivity contribution is 0.261. The third kappa shape index (κ3) is 5.18. The Bertz CT molecular complexity index is 485. The first-order chi connectivity index (χ1) is 8.84. The van der Waals surface area contributed by atoms with Crippen molar-refractivity contribution in [2.45, 2.75) is 31.2 Å². The lowest BCUT2D eigenvalue weighted by Gasteiger charge is -2.23. The average Bonchev–Trinajstić information content (AvgIpc) is 2.37. The van der Waals surface area contributed by atoms with Crippen LogP contribution in [0.2, 0.25) is 0 Å². The summed E-state index contributed by atoms with van der Waals surface area (Å²) in [6, 6.07) is 7.03. The Labute approximate surface area is 115 Å². The van der Waals surface area contributed by atoms with Gasteiger partial charge in [0.05, 0.1) is 4.90 Å². The van der Waals surface area contributed by atoms with Crippen molar-refractivity contribution in [3.8, 4) is 0 Å². The maximum atomic E-state index is 11.1. The summed E-state index contributed by atoms with van der Waals surface area (Å²) in [6.07, 6.45) is 1.12. The molecule has 0 saturated carbocycles. The van der Waals surface area contributed by atoms with E-state index in [1.165, 1.54) is 12.1 Å². The summed E-state index contributed by atoms with van der Waals surface area (Å²) in [5.74, 6) is 0. The summed E-state index contributed by atoms with van der Waals surface area (Å²) in [5, 5.41) is 8.30. The number of likely N-dealkylation sites (N-methyl/N-ethyl adjacent to an activating group) is 1. The van der Waals surface area contributed by atoms with Crippen LogP contribution in [0.5, 0.6) is 0 Å². The Hall–Kier alpha value is -1.11. The maximum absolute atomic E-state index is 11.1. The molecule has 0 spiro atoms. The van der Waals surface area contributed by atoms with Gasteiger partial charge in [-0.3, -0.25) is 0 Å². The molecule has 0 heterocycles. The van der Waals surface area contributed by atoms with Gasteiger partial charge in [0.2, 0.25) is 10.0 Å². The normalized spacial score (nSPS) is 13.5. The molecule has 0 amide bonds. The zero-order valence-electron chi connectivity index (χ0n) is 11.8. The molecule has 3 N–H and O–H groups in total. The van der Waals surface area contributed by atoms with E-state index >= 15 is 0 Å². The predicted octanol–water partition coefficient (Wildman–Crippen LogP) is 1.48. The number of sulfonamides is 1. The van der Waals surface area contributed by atoms with Crippen molar-refractivity contribution in [3.63, 3.8) is 0 Å². The molecule has 1 aromatic rings. The molecule has 0 saturated heterocycles. The molecule has 0 aliphatic rings. The van der Waals surface area contributed by atoms with E-state index < -0.39 is 10.0 Å². The summed E-state index contributed by atoms with van der Waals surface area (Å²) < 4.78 is 22.2. The highest BCUT2D eigenvalue weighted by Crippen LogP contribution is 2.12. The van der Waals surface area contributed by atoms with E-state index in [0.29, 0.717) is 6.04 Å². The van der Waals surface area contributed by atoms with E-state index in [-0.39, 0.29) is 4.90 Å². The molecule has 1 unspecified atom stereocenters. The lowest BCUT2D eigenvalue weighted by Crippen LogP contribution is -2.32. The lowest BCUT2D eigenvalue weighted by atomic mass is 10.2. The van der Waals surface area contributed by atoms with Crippen LogP contribution in [-0.2, 0) is 10.0 Å². The van der Waals surface area contributed by atoms with E-state index in [9.17, 15) is 8.42 Å². The van der Waals surface area contributed by atoms with Gasteiger partial charge in [0.25, 0.3) is 0 Å². The minimum Gasteiger partial charge on any atom is -0.384 e. The van der Waals surface area contributed by atoms with E-state index in [0.717, 1.165) is 25.2 Å². The first-order valence-corrected chi connectivity index (χ1v) is 7.96. The Morgan fingerprint density at radius 2 is 1.89 bits per heavy atom. The molecule has 1 rings (SSSR count). The van der Waals surface area contributed by atoms with Crippen molar-refractivity contribution in [2.75, 3.05) is 25.5 Å². The zero-order valence-corrected chi connectivity index (χ0v) is 12.6. The van der Waals surface area contributed by atoms with Gasteiger partial charge in [-0.15, -0.1) is 0 Å². The van der Waals surface area contributed by atoms with Crippen molar-refractivity contribution in [2.24, 2.45) is 5.14 Å². The predicted molar refractivity (Wildman–Crippen MR) is 78.7 cm³/mol. The fraction of sp³-hybridized carbons (Fsp3) is 0.538. The number of nitrogens with one attached hydrogen (secondary N) is 1. The van der Waals surface area contributed by atoms with Gasteiger partial charge in [0.15, 0.2) is 0 Å². The molecule has 108 valence electrons. The minimum absolute atomic E-state index is 0.134. The van der Waals surface area contributed by atoms with Crippen molar-refractivity contribution in [1.82, 2.24) is 4.90 Å². The van der Waals surface area contributed by atoms with Crippen LogP contribution in [0.4, 0.5) is 5.69 Å². The Morgan fingerprint density at radius 3 is 2.37 bits per heavy atom. The standard InChI is InChI=1S/C13H23N3O2S/c1-4-11(2)16(3)10-9-15-12-5-7-13(8-6-12)19(14,17)18/h5-8,11,15H,4,9-10H2,1-3H3,(H2,14,17,18).